The topological polar surface area (TPSA) is 102 Å². The van der Waals surface area contributed by atoms with Crippen LogP contribution in [0.2, 0.25) is 0 Å². The van der Waals surface area contributed by atoms with E-state index in [1.54, 1.807) is 36.4 Å². The Morgan fingerprint density at radius 3 is 2.59 bits per heavy atom. The summed E-state index contributed by atoms with van der Waals surface area (Å²) >= 11 is 0.774. The molecule has 9 heteroatoms. The lowest BCUT2D eigenvalue weighted by atomic mass is 10.2. The van der Waals surface area contributed by atoms with Gasteiger partial charge < -0.3 is 14.8 Å². The molecule has 0 aliphatic carbocycles. The van der Waals surface area contributed by atoms with Crippen LogP contribution in [0.15, 0.2) is 53.4 Å². The second-order valence-corrected chi connectivity index (χ2v) is 8.61. The summed E-state index contributed by atoms with van der Waals surface area (Å²) in [7, 11) is 0. The van der Waals surface area contributed by atoms with Gasteiger partial charge in [-0.15, -0.1) is 0 Å². The number of ether oxygens (including phenoxy) is 2. The molecule has 0 aromatic heterocycles. The number of benzene rings is 2. The number of carbonyl (C=O) groups is 4. The number of hydrogen-bond acceptors (Lipinski definition) is 7. The highest BCUT2D eigenvalue weighted by molar-refractivity contribution is 8.18. The van der Waals surface area contributed by atoms with E-state index in [1.165, 1.54) is 0 Å². The number of thioether (sulfide) groups is 1. The number of carbonyl (C=O) groups excluding carboxylic acids is 4. The third kappa shape index (κ3) is 7.21. The first-order valence-corrected chi connectivity index (χ1v) is 11.7. The molecule has 1 aliphatic rings. The average molecular weight is 483 g/mol. The summed E-state index contributed by atoms with van der Waals surface area (Å²) in [5, 5.41) is 2.26. The number of imide groups is 1. The molecule has 1 saturated heterocycles. The Labute approximate surface area is 202 Å². The second kappa shape index (κ2) is 12.0. The number of nitrogens with one attached hydrogen (secondary N) is 1. The zero-order valence-electron chi connectivity index (χ0n) is 19.0. The number of esters is 1. The summed E-state index contributed by atoms with van der Waals surface area (Å²) in [5.41, 5.74) is 2.42. The summed E-state index contributed by atoms with van der Waals surface area (Å²) in [5.74, 6) is -0.934. The number of aryl methyl sites for hydroxylation is 1. The Balaban J connectivity index is 1.52. The lowest BCUT2D eigenvalue weighted by Gasteiger charge is -2.11. The molecule has 2 aromatic rings. The third-order valence-corrected chi connectivity index (χ3v) is 5.68. The highest BCUT2D eigenvalue weighted by atomic mass is 32.2. The second-order valence-electron chi connectivity index (χ2n) is 7.62. The van der Waals surface area contributed by atoms with Crippen molar-refractivity contribution in [2.24, 2.45) is 0 Å². The van der Waals surface area contributed by atoms with Crippen LogP contribution >= 0.6 is 11.8 Å². The van der Waals surface area contributed by atoms with E-state index in [0.717, 1.165) is 35.1 Å². The summed E-state index contributed by atoms with van der Waals surface area (Å²) in [4.78, 5) is 49.8. The normalized spacial score (nSPS) is 14.4. The molecule has 0 saturated carbocycles. The van der Waals surface area contributed by atoms with Gasteiger partial charge in [-0.25, -0.2) is 0 Å². The highest BCUT2D eigenvalue weighted by Crippen LogP contribution is 2.32. The minimum Gasteiger partial charge on any atom is -0.484 e. The van der Waals surface area contributed by atoms with Crippen molar-refractivity contribution in [2.75, 3.05) is 25.1 Å². The van der Waals surface area contributed by atoms with E-state index >= 15 is 0 Å². The maximum absolute atomic E-state index is 12.5. The van der Waals surface area contributed by atoms with Gasteiger partial charge in [0, 0.05) is 5.69 Å². The van der Waals surface area contributed by atoms with E-state index in [-0.39, 0.29) is 24.0 Å². The number of hydrogen-bond donors (Lipinski definition) is 1. The van der Waals surface area contributed by atoms with Crippen molar-refractivity contribution >= 4 is 46.5 Å². The van der Waals surface area contributed by atoms with Crippen LogP contribution in [0.1, 0.15) is 30.9 Å². The fourth-order valence-electron chi connectivity index (χ4n) is 3.02. The van der Waals surface area contributed by atoms with Crippen molar-refractivity contribution in [1.29, 1.82) is 0 Å². The molecule has 0 spiro atoms. The smallest absolute Gasteiger partial charge is 0.326 e. The zero-order chi connectivity index (χ0) is 24.5. The van der Waals surface area contributed by atoms with Gasteiger partial charge in [-0.1, -0.05) is 37.6 Å². The van der Waals surface area contributed by atoms with E-state index in [2.05, 4.69) is 5.32 Å². The number of unbranched alkanes of at least 4 members (excludes halogenated alkanes) is 1. The van der Waals surface area contributed by atoms with Crippen LogP contribution in [-0.4, -0.2) is 47.7 Å². The van der Waals surface area contributed by atoms with E-state index in [9.17, 15) is 19.2 Å². The minimum atomic E-state index is -0.607. The van der Waals surface area contributed by atoms with Crippen LogP contribution in [0.25, 0.3) is 6.08 Å². The fraction of sp³-hybridized carbons (Fsp3) is 0.280. The quantitative estimate of drug-likeness (QED) is 0.304. The standard InChI is InChI=1S/C25H26N2O6S/c1-3-4-12-32-23(29)15-27-24(30)21(34-25(27)31)14-18-8-10-20(11-9-18)33-16-22(28)26-19-7-5-6-17(2)13-19/h5-11,13-14H,3-4,12,15-16H2,1-2H3,(H,26,28)/b21-14+. The van der Waals surface area contributed by atoms with E-state index in [1.807, 2.05) is 32.0 Å². The van der Waals surface area contributed by atoms with Gasteiger partial charge in [-0.3, -0.25) is 24.1 Å². The molecule has 0 atom stereocenters. The molecule has 3 rings (SSSR count). The average Bonchev–Trinajstić information content (AvgIpc) is 3.06. The largest absolute Gasteiger partial charge is 0.484 e. The fourth-order valence-corrected chi connectivity index (χ4v) is 3.86. The van der Waals surface area contributed by atoms with Gasteiger partial charge in [0.2, 0.25) is 0 Å². The van der Waals surface area contributed by atoms with Crippen LogP contribution in [0, 0.1) is 6.92 Å². The molecular weight excluding hydrogens is 456 g/mol. The van der Waals surface area contributed by atoms with Crippen LogP contribution in [0.5, 0.6) is 5.75 Å². The number of amides is 3. The van der Waals surface area contributed by atoms with Crippen LogP contribution < -0.4 is 10.1 Å². The van der Waals surface area contributed by atoms with Gasteiger partial charge in [-0.2, -0.15) is 0 Å². The van der Waals surface area contributed by atoms with Crippen LogP contribution in [0.3, 0.4) is 0 Å². The molecule has 0 unspecified atom stereocenters. The Morgan fingerprint density at radius 2 is 1.88 bits per heavy atom. The molecule has 178 valence electrons. The monoisotopic (exact) mass is 482 g/mol. The van der Waals surface area contributed by atoms with Gasteiger partial charge in [0.15, 0.2) is 6.61 Å². The first-order valence-electron chi connectivity index (χ1n) is 10.9. The van der Waals surface area contributed by atoms with Crippen molar-refractivity contribution in [3.63, 3.8) is 0 Å². The van der Waals surface area contributed by atoms with Crippen molar-refractivity contribution in [3.05, 3.63) is 64.6 Å². The highest BCUT2D eigenvalue weighted by Gasteiger charge is 2.36. The Bertz CT molecular complexity index is 1100. The van der Waals surface area contributed by atoms with E-state index in [4.69, 9.17) is 9.47 Å². The lowest BCUT2D eigenvalue weighted by Crippen LogP contribution is -2.34. The van der Waals surface area contributed by atoms with Crippen molar-refractivity contribution in [3.8, 4) is 5.75 Å². The lowest BCUT2D eigenvalue weighted by molar-refractivity contribution is -0.146. The van der Waals surface area contributed by atoms with Gasteiger partial charge >= 0.3 is 5.97 Å². The Kier molecular flexibility index (Phi) is 8.86. The van der Waals surface area contributed by atoms with Gasteiger partial charge in [-0.05, 0) is 66.6 Å². The number of anilines is 1. The summed E-state index contributed by atoms with van der Waals surface area (Å²) in [6, 6.07) is 14.2. The molecule has 0 radical (unpaired) electrons. The molecule has 0 bridgehead atoms. The molecule has 8 nitrogen and oxygen atoms in total. The molecule has 1 fully saturated rings. The van der Waals surface area contributed by atoms with E-state index in [0.29, 0.717) is 17.0 Å². The first kappa shape index (κ1) is 25.0. The van der Waals surface area contributed by atoms with E-state index < -0.39 is 23.7 Å². The molecular formula is C25H26N2O6S. The van der Waals surface area contributed by atoms with Gasteiger partial charge in [0.25, 0.3) is 17.1 Å². The Hall–Kier alpha value is -3.59. The van der Waals surface area contributed by atoms with Crippen molar-refractivity contribution in [1.82, 2.24) is 4.90 Å². The molecule has 1 N–H and O–H groups in total. The van der Waals surface area contributed by atoms with Crippen LogP contribution in [0.4, 0.5) is 10.5 Å². The van der Waals surface area contributed by atoms with Gasteiger partial charge in [0.05, 0.1) is 11.5 Å². The maximum atomic E-state index is 12.5. The van der Waals surface area contributed by atoms with Gasteiger partial charge in [0.1, 0.15) is 12.3 Å². The summed E-state index contributed by atoms with van der Waals surface area (Å²) < 4.78 is 10.5. The molecule has 34 heavy (non-hydrogen) atoms. The SMILES string of the molecule is CCCCOC(=O)CN1C(=O)S/C(=C/c2ccc(OCC(=O)Nc3cccc(C)c3)cc2)C1=O. The predicted molar refractivity (Wildman–Crippen MR) is 130 cm³/mol. The first-order chi connectivity index (χ1) is 16.4. The number of nitrogens with zero attached hydrogens (tertiary/aromatic N) is 1. The summed E-state index contributed by atoms with van der Waals surface area (Å²) in [6.07, 6.45) is 3.17. The molecule has 2 aromatic carbocycles. The van der Waals surface area contributed by atoms with Crippen LogP contribution in [-0.2, 0) is 19.1 Å². The minimum absolute atomic E-state index is 0.152. The molecule has 3 amide bonds. The maximum Gasteiger partial charge on any atom is 0.326 e. The Morgan fingerprint density at radius 1 is 1.12 bits per heavy atom. The molecule has 1 heterocycles. The summed E-state index contributed by atoms with van der Waals surface area (Å²) in [6.45, 7) is 3.63. The molecule has 1 aliphatic heterocycles. The zero-order valence-corrected chi connectivity index (χ0v) is 19.9. The number of rotatable bonds is 10. The van der Waals surface area contributed by atoms with Crippen molar-refractivity contribution in [2.45, 2.75) is 26.7 Å². The van der Waals surface area contributed by atoms with Crippen molar-refractivity contribution < 1.29 is 28.7 Å². The third-order valence-electron chi connectivity index (χ3n) is 4.77. The predicted octanol–water partition coefficient (Wildman–Crippen LogP) is 4.39.